The molecular weight excluding hydrogens is 283 g/mol. The van der Waals surface area contributed by atoms with Crippen LogP contribution in [0.15, 0.2) is 18.2 Å². The van der Waals surface area contributed by atoms with Gasteiger partial charge in [-0.05, 0) is 44.0 Å². The van der Waals surface area contributed by atoms with Gasteiger partial charge in [-0.1, -0.05) is 30.1 Å². The predicted molar refractivity (Wildman–Crippen MR) is 80.1 cm³/mol. The Morgan fingerprint density at radius 2 is 2.16 bits per heavy atom. The van der Waals surface area contributed by atoms with Crippen LogP contribution in [0.3, 0.4) is 0 Å². The fraction of sp³-hybridized carbons (Fsp3) is 0.500. The van der Waals surface area contributed by atoms with Crippen LogP contribution in [0.4, 0.5) is 5.69 Å². The number of nitrogens with one attached hydrogen (secondary N) is 1. The number of halogens is 2. The number of benzene rings is 1. The average Bonchev–Trinajstić information content (AvgIpc) is 2.41. The Balaban J connectivity index is 2.14. The van der Waals surface area contributed by atoms with E-state index >= 15 is 0 Å². The molecule has 1 unspecified atom stereocenters. The van der Waals surface area contributed by atoms with Crippen LogP contribution in [0.2, 0.25) is 10.0 Å². The number of amides is 1. The van der Waals surface area contributed by atoms with E-state index in [-0.39, 0.29) is 11.9 Å². The van der Waals surface area contributed by atoms with Crippen molar-refractivity contribution in [2.75, 3.05) is 18.0 Å². The van der Waals surface area contributed by atoms with Crippen LogP contribution >= 0.6 is 23.2 Å². The van der Waals surface area contributed by atoms with Crippen molar-refractivity contribution in [3.8, 4) is 0 Å². The maximum absolute atomic E-state index is 12.4. The van der Waals surface area contributed by atoms with Crippen LogP contribution in [-0.4, -0.2) is 25.0 Å². The number of carbonyl (C=O) groups excluding carboxylic acids is 1. The maximum Gasteiger partial charge on any atom is 0.244 e. The van der Waals surface area contributed by atoms with Crippen molar-refractivity contribution in [3.05, 3.63) is 28.2 Å². The molecule has 1 saturated heterocycles. The third kappa shape index (κ3) is 3.41. The second-order valence-electron chi connectivity index (χ2n) is 4.74. The van der Waals surface area contributed by atoms with Crippen molar-refractivity contribution in [2.45, 2.75) is 32.2 Å². The largest absolute Gasteiger partial charge is 0.311 e. The quantitative estimate of drug-likeness (QED) is 0.923. The summed E-state index contributed by atoms with van der Waals surface area (Å²) in [6.07, 6.45) is 2.92. The lowest BCUT2D eigenvalue weighted by molar-refractivity contribution is -0.121. The molecule has 0 radical (unpaired) electrons. The summed E-state index contributed by atoms with van der Waals surface area (Å²) in [7, 11) is 0. The first-order chi connectivity index (χ1) is 9.13. The van der Waals surface area contributed by atoms with Crippen LogP contribution in [0.5, 0.6) is 0 Å². The van der Waals surface area contributed by atoms with Gasteiger partial charge in [-0.3, -0.25) is 4.79 Å². The molecule has 1 aliphatic heterocycles. The van der Waals surface area contributed by atoms with E-state index in [1.807, 2.05) is 6.07 Å². The van der Waals surface area contributed by atoms with E-state index in [0.29, 0.717) is 10.0 Å². The van der Waals surface area contributed by atoms with Crippen LogP contribution in [0.25, 0.3) is 0 Å². The molecule has 1 heterocycles. The molecule has 1 atom stereocenters. The molecule has 1 N–H and O–H groups in total. The van der Waals surface area contributed by atoms with E-state index in [9.17, 15) is 4.79 Å². The predicted octanol–water partition coefficient (Wildman–Crippen LogP) is 3.49. The SMILES string of the molecule is CCCNC1CCCN(c2ccc(Cl)c(Cl)c2)C1=O. The number of anilines is 1. The Kier molecular flexibility index (Phi) is 5.08. The highest BCUT2D eigenvalue weighted by Crippen LogP contribution is 2.29. The van der Waals surface area contributed by atoms with Gasteiger partial charge in [0.05, 0.1) is 16.1 Å². The first-order valence-corrected chi connectivity index (χ1v) is 7.39. The summed E-state index contributed by atoms with van der Waals surface area (Å²) < 4.78 is 0. The molecule has 104 valence electrons. The molecule has 1 amide bonds. The number of rotatable bonds is 4. The third-order valence-corrected chi connectivity index (χ3v) is 4.03. The van der Waals surface area contributed by atoms with Gasteiger partial charge in [-0.25, -0.2) is 0 Å². The number of hydrogen-bond donors (Lipinski definition) is 1. The average molecular weight is 301 g/mol. The smallest absolute Gasteiger partial charge is 0.244 e. The monoisotopic (exact) mass is 300 g/mol. The molecule has 0 saturated carbocycles. The van der Waals surface area contributed by atoms with Crippen LogP contribution in [0.1, 0.15) is 26.2 Å². The van der Waals surface area contributed by atoms with Gasteiger partial charge in [0.1, 0.15) is 0 Å². The summed E-state index contributed by atoms with van der Waals surface area (Å²) in [5.41, 5.74) is 0.822. The molecule has 0 aromatic heterocycles. The molecule has 19 heavy (non-hydrogen) atoms. The molecule has 5 heteroatoms. The molecule has 3 nitrogen and oxygen atoms in total. The summed E-state index contributed by atoms with van der Waals surface area (Å²) in [5, 5.41) is 4.29. The molecule has 1 aromatic rings. The third-order valence-electron chi connectivity index (χ3n) is 3.29. The summed E-state index contributed by atoms with van der Waals surface area (Å²) in [6, 6.07) is 5.25. The van der Waals surface area contributed by atoms with Gasteiger partial charge >= 0.3 is 0 Å². The lowest BCUT2D eigenvalue weighted by Gasteiger charge is -2.33. The summed E-state index contributed by atoms with van der Waals surface area (Å²) in [5.74, 6) is 0.123. The molecule has 0 aliphatic carbocycles. The summed E-state index contributed by atoms with van der Waals surface area (Å²) in [6.45, 7) is 3.70. The zero-order valence-electron chi connectivity index (χ0n) is 11.0. The Labute approximate surface area is 123 Å². The van der Waals surface area contributed by atoms with Gasteiger partial charge in [0, 0.05) is 12.2 Å². The highest BCUT2D eigenvalue weighted by atomic mass is 35.5. The molecule has 0 spiro atoms. The van der Waals surface area contributed by atoms with Gasteiger partial charge in [0.25, 0.3) is 0 Å². The fourth-order valence-electron chi connectivity index (χ4n) is 2.29. The van der Waals surface area contributed by atoms with Crippen LogP contribution < -0.4 is 10.2 Å². The van der Waals surface area contributed by atoms with Crippen molar-refractivity contribution in [1.82, 2.24) is 5.32 Å². The normalized spacial score (nSPS) is 19.8. The van der Waals surface area contributed by atoms with E-state index in [2.05, 4.69) is 12.2 Å². The summed E-state index contributed by atoms with van der Waals surface area (Å²) in [4.78, 5) is 14.2. The molecule has 1 aliphatic rings. The standard InChI is InChI=1S/C14H18Cl2N2O/c1-2-7-17-13-4-3-8-18(14(13)19)10-5-6-11(15)12(16)9-10/h5-6,9,13,17H,2-4,7-8H2,1H3. The highest BCUT2D eigenvalue weighted by molar-refractivity contribution is 6.42. The van der Waals surface area contributed by atoms with Gasteiger partial charge in [0.15, 0.2) is 0 Å². The number of hydrogen-bond acceptors (Lipinski definition) is 2. The Morgan fingerprint density at radius 1 is 1.37 bits per heavy atom. The summed E-state index contributed by atoms with van der Waals surface area (Å²) >= 11 is 11.9. The second kappa shape index (κ2) is 6.60. The Morgan fingerprint density at radius 3 is 2.84 bits per heavy atom. The topological polar surface area (TPSA) is 32.3 Å². The molecule has 1 fully saturated rings. The maximum atomic E-state index is 12.4. The Bertz CT molecular complexity index is 465. The van der Waals surface area contributed by atoms with Gasteiger partial charge < -0.3 is 10.2 Å². The van der Waals surface area contributed by atoms with Crippen molar-refractivity contribution in [3.63, 3.8) is 0 Å². The minimum atomic E-state index is -0.0804. The molecular formula is C14H18Cl2N2O. The van der Waals surface area contributed by atoms with E-state index < -0.39 is 0 Å². The number of carbonyl (C=O) groups is 1. The molecule has 2 rings (SSSR count). The van der Waals surface area contributed by atoms with Crippen molar-refractivity contribution < 1.29 is 4.79 Å². The van der Waals surface area contributed by atoms with Gasteiger partial charge in [-0.15, -0.1) is 0 Å². The van der Waals surface area contributed by atoms with E-state index in [1.165, 1.54) is 0 Å². The van der Waals surface area contributed by atoms with E-state index in [4.69, 9.17) is 23.2 Å². The second-order valence-corrected chi connectivity index (χ2v) is 5.55. The lowest BCUT2D eigenvalue weighted by Crippen LogP contribution is -2.51. The van der Waals surface area contributed by atoms with E-state index in [0.717, 1.165) is 38.0 Å². The molecule has 1 aromatic carbocycles. The Hall–Kier alpha value is -0.770. The van der Waals surface area contributed by atoms with E-state index in [1.54, 1.807) is 17.0 Å². The van der Waals surface area contributed by atoms with Crippen molar-refractivity contribution in [2.24, 2.45) is 0 Å². The van der Waals surface area contributed by atoms with Crippen molar-refractivity contribution in [1.29, 1.82) is 0 Å². The van der Waals surface area contributed by atoms with Crippen molar-refractivity contribution >= 4 is 34.8 Å². The number of nitrogens with zero attached hydrogens (tertiary/aromatic N) is 1. The minimum Gasteiger partial charge on any atom is -0.311 e. The minimum absolute atomic E-state index is 0.0804. The zero-order chi connectivity index (χ0) is 13.8. The van der Waals surface area contributed by atoms with Crippen LogP contribution in [-0.2, 0) is 4.79 Å². The lowest BCUT2D eigenvalue weighted by atomic mass is 10.0. The van der Waals surface area contributed by atoms with Crippen LogP contribution in [0, 0.1) is 0 Å². The molecule has 0 bridgehead atoms. The highest BCUT2D eigenvalue weighted by Gasteiger charge is 2.29. The fourth-order valence-corrected chi connectivity index (χ4v) is 2.58. The number of piperidine rings is 1. The van der Waals surface area contributed by atoms with Gasteiger partial charge in [-0.2, -0.15) is 0 Å². The zero-order valence-corrected chi connectivity index (χ0v) is 12.5. The first kappa shape index (κ1) is 14.6. The first-order valence-electron chi connectivity index (χ1n) is 6.63. The van der Waals surface area contributed by atoms with Gasteiger partial charge in [0.2, 0.25) is 5.91 Å².